The number of benzene rings is 2. The molecule has 0 bridgehead atoms. The van der Waals surface area contributed by atoms with E-state index in [1.807, 2.05) is 18.2 Å². The Morgan fingerprint density at radius 2 is 1.68 bits per heavy atom. The number of carbonyl (C=O) groups is 2. The van der Waals surface area contributed by atoms with Crippen molar-refractivity contribution in [2.24, 2.45) is 0 Å². The second kappa shape index (κ2) is 7.80. The van der Waals surface area contributed by atoms with Crippen LogP contribution in [0.4, 0.5) is 0 Å². The summed E-state index contributed by atoms with van der Waals surface area (Å²) in [6, 6.07) is 14.4. The minimum absolute atomic E-state index is 0.0582. The zero-order chi connectivity index (χ0) is 19.5. The summed E-state index contributed by atoms with van der Waals surface area (Å²) in [6.07, 6.45) is -0.657. The first kappa shape index (κ1) is 18.2. The molecule has 1 atom stereocenters. The molecule has 28 heavy (non-hydrogen) atoms. The van der Waals surface area contributed by atoms with Gasteiger partial charge in [0.15, 0.2) is 11.5 Å². The van der Waals surface area contributed by atoms with Crippen molar-refractivity contribution in [2.75, 3.05) is 39.9 Å². The number of methoxy groups -OCH3 is 1. The van der Waals surface area contributed by atoms with E-state index in [1.165, 1.54) is 0 Å². The number of hydrogen-bond acceptors (Lipinski definition) is 5. The molecule has 2 aromatic carbocycles. The highest BCUT2D eigenvalue weighted by atomic mass is 16.6. The molecule has 0 radical (unpaired) electrons. The van der Waals surface area contributed by atoms with Crippen molar-refractivity contribution in [3.05, 3.63) is 54.1 Å². The lowest BCUT2D eigenvalue weighted by molar-refractivity contribution is -0.142. The number of ether oxygens (including phenoxy) is 3. The van der Waals surface area contributed by atoms with Crippen LogP contribution in [-0.4, -0.2) is 67.6 Å². The molecule has 0 aliphatic carbocycles. The molecular formula is C21H22N2O5. The van der Waals surface area contributed by atoms with Gasteiger partial charge in [0.2, 0.25) is 6.10 Å². The van der Waals surface area contributed by atoms with Gasteiger partial charge in [0.1, 0.15) is 12.4 Å². The van der Waals surface area contributed by atoms with E-state index in [0.717, 1.165) is 0 Å². The van der Waals surface area contributed by atoms with E-state index in [0.29, 0.717) is 49.0 Å². The maximum absolute atomic E-state index is 12.8. The molecule has 2 amide bonds. The van der Waals surface area contributed by atoms with Gasteiger partial charge in [-0.25, -0.2) is 0 Å². The second-order valence-corrected chi connectivity index (χ2v) is 6.71. The van der Waals surface area contributed by atoms with Crippen LogP contribution in [0.1, 0.15) is 10.4 Å². The monoisotopic (exact) mass is 382 g/mol. The average molecular weight is 382 g/mol. The predicted octanol–water partition coefficient (Wildman–Crippen LogP) is 1.82. The largest absolute Gasteiger partial charge is 0.497 e. The summed E-state index contributed by atoms with van der Waals surface area (Å²) in [5.74, 6) is 1.72. The van der Waals surface area contributed by atoms with Crippen molar-refractivity contribution in [3.63, 3.8) is 0 Å². The Balaban J connectivity index is 1.35. The molecule has 2 aliphatic heterocycles. The first-order valence-electron chi connectivity index (χ1n) is 9.26. The van der Waals surface area contributed by atoms with Crippen molar-refractivity contribution in [2.45, 2.75) is 6.10 Å². The standard InChI is InChI=1S/C21H22N2O5/c1-26-16-6-4-5-15(13-16)20(24)22-9-11-23(12-10-22)21(25)19-14-27-17-7-2-3-8-18(17)28-19/h2-8,13,19H,9-12,14H2,1H3/t19-/m1/s1. The number of para-hydroxylation sites is 2. The first-order chi connectivity index (χ1) is 13.7. The van der Waals surface area contributed by atoms with Gasteiger partial charge in [0, 0.05) is 31.7 Å². The molecule has 7 nitrogen and oxygen atoms in total. The van der Waals surface area contributed by atoms with Gasteiger partial charge in [-0.3, -0.25) is 9.59 Å². The fourth-order valence-electron chi connectivity index (χ4n) is 3.41. The quantitative estimate of drug-likeness (QED) is 0.810. The number of carbonyl (C=O) groups excluding carboxylic acids is 2. The highest BCUT2D eigenvalue weighted by molar-refractivity contribution is 5.94. The fraction of sp³-hybridized carbons (Fsp3) is 0.333. The third-order valence-electron chi connectivity index (χ3n) is 4.98. The minimum Gasteiger partial charge on any atom is -0.497 e. The van der Waals surface area contributed by atoms with E-state index >= 15 is 0 Å². The van der Waals surface area contributed by atoms with E-state index < -0.39 is 6.10 Å². The van der Waals surface area contributed by atoms with Crippen LogP contribution in [0.15, 0.2) is 48.5 Å². The van der Waals surface area contributed by atoms with Gasteiger partial charge in [-0.1, -0.05) is 18.2 Å². The van der Waals surface area contributed by atoms with Crippen molar-refractivity contribution < 1.29 is 23.8 Å². The van der Waals surface area contributed by atoms with Crippen molar-refractivity contribution in [1.29, 1.82) is 0 Å². The van der Waals surface area contributed by atoms with Crippen LogP contribution in [0.5, 0.6) is 17.2 Å². The first-order valence-corrected chi connectivity index (χ1v) is 9.26. The maximum Gasteiger partial charge on any atom is 0.267 e. The smallest absolute Gasteiger partial charge is 0.267 e. The number of hydrogen-bond donors (Lipinski definition) is 0. The zero-order valence-electron chi connectivity index (χ0n) is 15.7. The molecular weight excluding hydrogens is 360 g/mol. The van der Waals surface area contributed by atoms with Crippen molar-refractivity contribution in [3.8, 4) is 17.2 Å². The fourth-order valence-corrected chi connectivity index (χ4v) is 3.41. The number of piperazine rings is 1. The number of amides is 2. The third kappa shape index (κ3) is 3.60. The molecule has 4 rings (SSSR count). The van der Waals surface area contributed by atoms with Gasteiger partial charge < -0.3 is 24.0 Å². The summed E-state index contributed by atoms with van der Waals surface area (Å²) in [4.78, 5) is 29.0. The molecule has 0 N–H and O–H groups in total. The topological polar surface area (TPSA) is 68.3 Å². The Hall–Kier alpha value is -3.22. The lowest BCUT2D eigenvalue weighted by atomic mass is 10.1. The van der Waals surface area contributed by atoms with E-state index in [1.54, 1.807) is 47.2 Å². The van der Waals surface area contributed by atoms with Gasteiger partial charge in [-0.05, 0) is 30.3 Å². The molecule has 146 valence electrons. The zero-order valence-corrected chi connectivity index (χ0v) is 15.7. The van der Waals surface area contributed by atoms with E-state index in [4.69, 9.17) is 14.2 Å². The molecule has 1 saturated heterocycles. The lowest BCUT2D eigenvalue weighted by Gasteiger charge is -2.37. The summed E-state index contributed by atoms with van der Waals surface area (Å²) in [6.45, 7) is 2.09. The Labute approximate surface area is 163 Å². The Morgan fingerprint density at radius 3 is 2.43 bits per heavy atom. The number of fused-ring (bicyclic) bond motifs is 1. The molecule has 0 unspecified atom stereocenters. The molecule has 2 aromatic rings. The van der Waals surface area contributed by atoms with E-state index in [-0.39, 0.29) is 18.4 Å². The molecule has 0 spiro atoms. The summed E-state index contributed by atoms with van der Waals surface area (Å²) in [5.41, 5.74) is 0.583. The second-order valence-electron chi connectivity index (χ2n) is 6.71. The normalized spacial score (nSPS) is 18.5. The van der Waals surface area contributed by atoms with Crippen LogP contribution < -0.4 is 14.2 Å². The van der Waals surface area contributed by atoms with Crippen molar-refractivity contribution in [1.82, 2.24) is 9.80 Å². The van der Waals surface area contributed by atoms with Crippen molar-refractivity contribution >= 4 is 11.8 Å². The highest BCUT2D eigenvalue weighted by Crippen LogP contribution is 2.31. The van der Waals surface area contributed by atoms with Gasteiger partial charge in [-0.2, -0.15) is 0 Å². The minimum atomic E-state index is -0.657. The lowest BCUT2D eigenvalue weighted by Crippen LogP contribution is -2.55. The molecule has 2 aliphatic rings. The maximum atomic E-state index is 12.8. The van der Waals surface area contributed by atoms with Crippen LogP contribution in [0.3, 0.4) is 0 Å². The third-order valence-corrected chi connectivity index (χ3v) is 4.98. The van der Waals surface area contributed by atoms with E-state index in [2.05, 4.69) is 0 Å². The van der Waals surface area contributed by atoms with E-state index in [9.17, 15) is 9.59 Å². The molecule has 1 fully saturated rings. The number of nitrogens with zero attached hydrogens (tertiary/aromatic N) is 2. The van der Waals surface area contributed by atoms with Crippen LogP contribution in [0.25, 0.3) is 0 Å². The van der Waals surface area contributed by atoms with Gasteiger partial charge in [0.25, 0.3) is 11.8 Å². The Kier molecular flexibility index (Phi) is 5.06. The Morgan fingerprint density at radius 1 is 0.964 bits per heavy atom. The van der Waals surface area contributed by atoms with Crippen LogP contribution in [-0.2, 0) is 4.79 Å². The number of rotatable bonds is 3. The van der Waals surface area contributed by atoms with Crippen LogP contribution in [0.2, 0.25) is 0 Å². The molecule has 7 heteroatoms. The van der Waals surface area contributed by atoms with Crippen LogP contribution >= 0.6 is 0 Å². The molecule has 0 saturated carbocycles. The Bertz CT molecular complexity index is 877. The predicted molar refractivity (Wildman–Crippen MR) is 102 cm³/mol. The van der Waals surface area contributed by atoms with Gasteiger partial charge >= 0.3 is 0 Å². The van der Waals surface area contributed by atoms with Gasteiger partial charge in [0.05, 0.1) is 7.11 Å². The summed E-state index contributed by atoms with van der Waals surface area (Å²) in [7, 11) is 1.57. The van der Waals surface area contributed by atoms with Crippen LogP contribution in [0, 0.1) is 0 Å². The highest BCUT2D eigenvalue weighted by Gasteiger charge is 2.33. The molecule has 0 aromatic heterocycles. The summed E-state index contributed by atoms with van der Waals surface area (Å²) < 4.78 is 16.6. The summed E-state index contributed by atoms with van der Waals surface area (Å²) in [5, 5.41) is 0. The SMILES string of the molecule is COc1cccc(C(=O)N2CCN(C(=O)[C@H]3COc4ccccc4O3)CC2)c1. The summed E-state index contributed by atoms with van der Waals surface area (Å²) >= 11 is 0. The molecule has 2 heterocycles. The average Bonchev–Trinajstić information content (AvgIpc) is 2.78. The van der Waals surface area contributed by atoms with Gasteiger partial charge in [-0.15, -0.1) is 0 Å².